The molecule has 4 heteroatoms. The fourth-order valence-electron chi connectivity index (χ4n) is 2.26. The van der Waals surface area contributed by atoms with Crippen molar-refractivity contribution in [3.8, 4) is 16.8 Å². The molecule has 0 spiro atoms. The number of hydrogen-bond donors (Lipinski definition) is 1. The van der Waals surface area contributed by atoms with E-state index < -0.39 is 0 Å². The van der Waals surface area contributed by atoms with Gasteiger partial charge >= 0.3 is 0 Å². The monoisotopic (exact) mass is 278 g/mol. The number of benzene rings is 1. The number of nitrogens with zero attached hydrogens (tertiary/aromatic N) is 3. The average molecular weight is 278 g/mol. The van der Waals surface area contributed by atoms with Crippen LogP contribution in [0.25, 0.3) is 16.8 Å². The minimum Gasteiger partial charge on any atom is -0.313 e. The van der Waals surface area contributed by atoms with E-state index in [-0.39, 0.29) is 0 Å². The van der Waals surface area contributed by atoms with E-state index in [1.54, 1.807) is 0 Å². The van der Waals surface area contributed by atoms with Gasteiger partial charge in [-0.25, -0.2) is 4.68 Å². The Hall–Kier alpha value is -2.46. The van der Waals surface area contributed by atoms with Gasteiger partial charge in [0.25, 0.3) is 0 Å². The lowest BCUT2D eigenvalue weighted by Gasteiger charge is -2.08. The molecule has 0 unspecified atom stereocenters. The molecule has 1 aromatic carbocycles. The van der Waals surface area contributed by atoms with Crippen LogP contribution in [0.1, 0.15) is 12.5 Å². The van der Waals surface area contributed by atoms with E-state index in [9.17, 15) is 0 Å². The van der Waals surface area contributed by atoms with Crippen molar-refractivity contribution in [3.05, 3.63) is 66.7 Å². The van der Waals surface area contributed by atoms with Crippen LogP contribution >= 0.6 is 0 Å². The summed E-state index contributed by atoms with van der Waals surface area (Å²) in [4.78, 5) is 4.22. The van der Waals surface area contributed by atoms with Gasteiger partial charge in [-0.05, 0) is 23.7 Å². The molecular weight excluding hydrogens is 260 g/mol. The molecule has 106 valence electrons. The van der Waals surface area contributed by atoms with Crippen LogP contribution in [0.2, 0.25) is 0 Å². The summed E-state index contributed by atoms with van der Waals surface area (Å²) >= 11 is 0. The fourth-order valence-corrected chi connectivity index (χ4v) is 2.26. The van der Waals surface area contributed by atoms with Crippen LogP contribution in [0.5, 0.6) is 0 Å². The summed E-state index contributed by atoms with van der Waals surface area (Å²) in [5, 5.41) is 7.82. The van der Waals surface area contributed by atoms with Crippen molar-refractivity contribution in [2.45, 2.75) is 13.5 Å². The third-order valence-corrected chi connectivity index (χ3v) is 3.39. The van der Waals surface area contributed by atoms with Crippen molar-refractivity contribution >= 4 is 0 Å². The molecule has 0 atom stereocenters. The molecule has 3 aromatic rings. The SMILES string of the molecule is CCNCc1ccncc1-n1cc(-c2ccccc2)cn1. The zero-order chi connectivity index (χ0) is 14.5. The van der Waals surface area contributed by atoms with Gasteiger partial charge < -0.3 is 5.32 Å². The van der Waals surface area contributed by atoms with Gasteiger partial charge in [-0.1, -0.05) is 37.3 Å². The Balaban J connectivity index is 1.93. The van der Waals surface area contributed by atoms with Crippen molar-refractivity contribution in [3.63, 3.8) is 0 Å². The molecule has 1 N–H and O–H groups in total. The van der Waals surface area contributed by atoms with Crippen molar-refractivity contribution in [1.82, 2.24) is 20.1 Å². The third kappa shape index (κ3) is 3.01. The van der Waals surface area contributed by atoms with Crippen LogP contribution in [0.4, 0.5) is 0 Å². The maximum Gasteiger partial charge on any atom is 0.0873 e. The van der Waals surface area contributed by atoms with Crippen LogP contribution in [-0.2, 0) is 6.54 Å². The van der Waals surface area contributed by atoms with Crippen LogP contribution in [0.3, 0.4) is 0 Å². The minimum atomic E-state index is 0.814. The smallest absolute Gasteiger partial charge is 0.0873 e. The van der Waals surface area contributed by atoms with E-state index in [1.807, 2.05) is 53.7 Å². The van der Waals surface area contributed by atoms with Crippen molar-refractivity contribution < 1.29 is 0 Å². The van der Waals surface area contributed by atoms with Gasteiger partial charge in [0.15, 0.2) is 0 Å². The third-order valence-electron chi connectivity index (χ3n) is 3.39. The first-order chi connectivity index (χ1) is 10.4. The zero-order valence-electron chi connectivity index (χ0n) is 12.0. The molecule has 0 saturated carbocycles. The van der Waals surface area contributed by atoms with E-state index in [4.69, 9.17) is 0 Å². The maximum absolute atomic E-state index is 4.48. The van der Waals surface area contributed by atoms with Crippen LogP contribution in [0, 0.1) is 0 Å². The number of rotatable bonds is 5. The van der Waals surface area contributed by atoms with Gasteiger partial charge in [0, 0.05) is 24.5 Å². The van der Waals surface area contributed by atoms with Gasteiger partial charge in [0.05, 0.1) is 18.1 Å². The van der Waals surface area contributed by atoms with Gasteiger partial charge in [0.2, 0.25) is 0 Å². The average Bonchev–Trinajstić information content (AvgIpc) is 3.04. The summed E-state index contributed by atoms with van der Waals surface area (Å²) in [5.74, 6) is 0. The molecule has 0 aliphatic rings. The Labute approximate surface area is 124 Å². The molecule has 3 rings (SSSR count). The van der Waals surface area contributed by atoms with Gasteiger partial charge in [0.1, 0.15) is 0 Å². The molecule has 2 heterocycles. The van der Waals surface area contributed by atoms with Crippen LogP contribution in [0.15, 0.2) is 61.2 Å². The molecule has 21 heavy (non-hydrogen) atoms. The normalized spacial score (nSPS) is 10.7. The number of nitrogens with one attached hydrogen (secondary N) is 1. The predicted molar refractivity (Wildman–Crippen MR) is 84.2 cm³/mol. The van der Waals surface area contributed by atoms with Crippen molar-refractivity contribution in [2.75, 3.05) is 6.54 Å². The molecule has 0 fully saturated rings. The first-order valence-corrected chi connectivity index (χ1v) is 7.12. The van der Waals surface area contributed by atoms with Gasteiger partial charge in [-0.2, -0.15) is 5.10 Å². The maximum atomic E-state index is 4.48. The standard InChI is InChI=1S/C17H18N4/c1-2-18-10-15-8-9-19-12-17(15)21-13-16(11-20-21)14-6-4-3-5-7-14/h3-9,11-13,18H,2,10H2,1H3. The summed E-state index contributed by atoms with van der Waals surface area (Å²) in [6.07, 6.45) is 7.60. The fraction of sp³-hybridized carbons (Fsp3) is 0.176. The second kappa shape index (κ2) is 6.33. The van der Waals surface area contributed by atoms with Crippen LogP contribution < -0.4 is 5.32 Å². The highest BCUT2D eigenvalue weighted by atomic mass is 15.3. The number of pyridine rings is 1. The zero-order valence-corrected chi connectivity index (χ0v) is 12.0. The Kier molecular flexibility index (Phi) is 4.07. The van der Waals surface area contributed by atoms with Crippen molar-refractivity contribution in [2.24, 2.45) is 0 Å². The molecular formula is C17H18N4. The molecule has 0 aliphatic carbocycles. The number of hydrogen-bond acceptors (Lipinski definition) is 3. The molecule has 0 bridgehead atoms. The summed E-state index contributed by atoms with van der Waals surface area (Å²) in [5.41, 5.74) is 4.48. The lowest BCUT2D eigenvalue weighted by molar-refractivity contribution is 0.715. The molecule has 0 radical (unpaired) electrons. The van der Waals surface area contributed by atoms with E-state index >= 15 is 0 Å². The predicted octanol–water partition coefficient (Wildman–Crippen LogP) is 3.04. The molecule has 0 amide bonds. The van der Waals surface area contributed by atoms with Gasteiger partial charge in [-0.15, -0.1) is 0 Å². The Morgan fingerprint density at radius 3 is 2.71 bits per heavy atom. The van der Waals surface area contributed by atoms with Crippen molar-refractivity contribution in [1.29, 1.82) is 0 Å². The second-order valence-corrected chi connectivity index (χ2v) is 4.82. The quantitative estimate of drug-likeness (QED) is 0.780. The highest BCUT2D eigenvalue weighted by molar-refractivity contribution is 5.62. The second-order valence-electron chi connectivity index (χ2n) is 4.82. The Morgan fingerprint density at radius 1 is 1.05 bits per heavy atom. The Morgan fingerprint density at radius 2 is 1.90 bits per heavy atom. The summed E-state index contributed by atoms with van der Waals surface area (Å²) < 4.78 is 1.89. The van der Waals surface area contributed by atoms with E-state index in [0.29, 0.717) is 0 Å². The summed E-state index contributed by atoms with van der Waals surface area (Å²) in [6.45, 7) is 3.85. The lowest BCUT2D eigenvalue weighted by atomic mass is 10.1. The van der Waals surface area contributed by atoms with Gasteiger partial charge in [-0.3, -0.25) is 4.98 Å². The molecule has 0 saturated heterocycles. The minimum absolute atomic E-state index is 0.814. The van der Waals surface area contributed by atoms with Crippen LogP contribution in [-0.4, -0.2) is 21.3 Å². The topological polar surface area (TPSA) is 42.7 Å². The summed E-state index contributed by atoms with van der Waals surface area (Å²) in [6, 6.07) is 12.3. The molecule has 4 nitrogen and oxygen atoms in total. The van der Waals surface area contributed by atoms with E-state index in [1.165, 1.54) is 11.1 Å². The lowest BCUT2D eigenvalue weighted by Crippen LogP contribution is -2.14. The first kappa shape index (κ1) is 13.5. The van der Waals surface area contributed by atoms with E-state index in [2.05, 4.69) is 34.5 Å². The summed E-state index contributed by atoms with van der Waals surface area (Å²) in [7, 11) is 0. The highest BCUT2D eigenvalue weighted by Gasteiger charge is 2.07. The first-order valence-electron chi connectivity index (χ1n) is 7.12. The van der Waals surface area contributed by atoms with E-state index in [0.717, 1.165) is 24.3 Å². The highest BCUT2D eigenvalue weighted by Crippen LogP contribution is 2.20. The Bertz CT molecular complexity index is 704. The number of aromatic nitrogens is 3. The largest absolute Gasteiger partial charge is 0.313 e. The molecule has 0 aliphatic heterocycles. The molecule has 2 aromatic heterocycles.